The van der Waals surface area contributed by atoms with Gasteiger partial charge in [-0.3, -0.25) is 9.59 Å². The Bertz CT molecular complexity index is 1050. The molecule has 1 saturated heterocycles. The predicted octanol–water partition coefficient (Wildman–Crippen LogP) is -1.06. The first-order valence-corrected chi connectivity index (χ1v) is 10.2. The monoisotopic (exact) mass is 546 g/mol. The zero-order valence-corrected chi connectivity index (χ0v) is 21.5. The van der Waals surface area contributed by atoms with Crippen molar-refractivity contribution in [1.82, 2.24) is 10.2 Å². The quantitative estimate of drug-likeness (QED) is 0.210. The maximum Gasteiger partial charge on any atom is 1.00 e. The minimum absolute atomic E-state index is 0. The van der Waals surface area contributed by atoms with E-state index < -0.39 is 59.5 Å². The number of alkyl halides is 2. The molecule has 8 nitrogen and oxygen atoms in total. The van der Waals surface area contributed by atoms with Gasteiger partial charge in [-0.2, -0.15) is 19.8 Å². The van der Waals surface area contributed by atoms with E-state index >= 15 is 0 Å². The van der Waals surface area contributed by atoms with Gasteiger partial charge in [-0.1, -0.05) is 25.4 Å². The van der Waals surface area contributed by atoms with Gasteiger partial charge in [0.1, 0.15) is 6.04 Å². The number of hydrogen-bond acceptors (Lipinski definition) is 6. The van der Waals surface area contributed by atoms with E-state index in [1.807, 2.05) is 0 Å². The van der Waals surface area contributed by atoms with Crippen LogP contribution in [-0.4, -0.2) is 50.2 Å². The molecule has 1 fully saturated rings. The molecule has 1 N–H and O–H groups in total. The van der Waals surface area contributed by atoms with Crippen molar-refractivity contribution < 1.29 is 86.2 Å². The molecule has 1 aromatic rings. The Balaban J connectivity index is 0.00000480. The van der Waals surface area contributed by atoms with Crippen molar-refractivity contribution in [2.24, 2.45) is 0 Å². The molecule has 0 radical (unpaired) electrons. The van der Waals surface area contributed by atoms with Gasteiger partial charge in [0.2, 0.25) is 11.8 Å². The second kappa shape index (κ2) is 11.2. The van der Waals surface area contributed by atoms with Gasteiger partial charge in [0.25, 0.3) is 5.92 Å². The number of benzene rings is 1. The van der Waals surface area contributed by atoms with Crippen LogP contribution in [-0.2, 0) is 20.1 Å². The number of hydrogen-bond donors (Lipinski definition) is 1. The number of carbonyl (C=O) groups is 2. The van der Waals surface area contributed by atoms with Gasteiger partial charge >= 0.3 is 61.9 Å². The summed E-state index contributed by atoms with van der Waals surface area (Å²) in [4.78, 5) is 25.2. The average Bonchev–Trinajstić information content (AvgIpc) is 2.96. The molecule has 1 heterocycles. The normalized spacial score (nSPS) is 18.0. The maximum absolute atomic E-state index is 13.4. The molecule has 14 heteroatoms. The molecule has 1 unspecified atom stereocenters. The van der Waals surface area contributed by atoms with Crippen molar-refractivity contribution in [3.63, 3.8) is 0 Å². The van der Waals surface area contributed by atoms with E-state index in [-0.39, 0.29) is 67.0 Å². The van der Waals surface area contributed by atoms with E-state index in [9.17, 15) is 30.7 Å². The van der Waals surface area contributed by atoms with Crippen LogP contribution in [0.25, 0.3) is 5.57 Å². The molecule has 2 amide bonds. The summed E-state index contributed by atoms with van der Waals surface area (Å²) in [6.45, 7) is 1.90. The van der Waals surface area contributed by atoms with Gasteiger partial charge in [0.05, 0.1) is 24.9 Å². The molecule has 1 atom stereocenters. The molecule has 0 aromatic heterocycles. The third kappa shape index (κ3) is 7.77. The molecule has 1 aromatic carbocycles. The van der Waals surface area contributed by atoms with Gasteiger partial charge in [0.15, 0.2) is 0 Å². The minimum Gasteiger partial charge on any atom is -0.405 e. The summed E-state index contributed by atoms with van der Waals surface area (Å²) in [5, 5.41) is 11.2. The summed E-state index contributed by atoms with van der Waals surface area (Å²) >= 11 is 2.96. The van der Waals surface area contributed by atoms with Crippen LogP contribution in [0.4, 0.5) is 12.7 Å². The first-order valence-electron chi connectivity index (χ1n) is 8.07. The summed E-state index contributed by atoms with van der Waals surface area (Å²) in [7, 11) is -5.27. The van der Waals surface area contributed by atoms with Crippen molar-refractivity contribution in [1.29, 1.82) is 5.26 Å². The molecule has 1 aliphatic rings. The fourth-order valence-corrected chi connectivity index (χ4v) is 3.53. The largest absolute Gasteiger partial charge is 1.00 e. The van der Waals surface area contributed by atoms with Crippen LogP contribution in [0.2, 0.25) is 0 Å². The zero-order chi connectivity index (χ0) is 22.7. The number of halogens is 4. The summed E-state index contributed by atoms with van der Waals surface area (Å²) < 4.78 is 64.7. The molecule has 0 aliphatic carbocycles. The first-order chi connectivity index (χ1) is 13.9. The Kier molecular flexibility index (Phi) is 10.1. The van der Waals surface area contributed by atoms with Crippen molar-refractivity contribution in [2.45, 2.75) is 18.4 Å². The maximum atomic E-state index is 13.4. The van der Waals surface area contributed by atoms with Gasteiger partial charge < -0.3 is 14.4 Å². The Hall–Kier alpha value is -1.08. The van der Waals surface area contributed by atoms with Crippen LogP contribution in [0, 0.1) is 24.3 Å². The summed E-state index contributed by atoms with van der Waals surface area (Å²) in [6.07, 6.45) is 0.339. The van der Waals surface area contributed by atoms with Crippen molar-refractivity contribution >= 4 is 43.8 Å². The van der Waals surface area contributed by atoms with E-state index in [2.05, 4.69) is 38.4 Å². The second-order valence-corrected chi connectivity index (χ2v) is 7.87. The van der Waals surface area contributed by atoms with E-state index in [0.717, 1.165) is 12.1 Å². The van der Waals surface area contributed by atoms with Gasteiger partial charge in [-0.05, 0) is 4.47 Å². The molecule has 1 aliphatic heterocycles. The average molecular weight is 547 g/mol. The summed E-state index contributed by atoms with van der Waals surface area (Å²) in [6, 6.07) is 5.00. The number of nitriles is 1. The minimum atomic E-state index is -5.27. The number of nitrogens with one attached hydrogen (secondary N) is 1. The number of carbonyl (C=O) groups excluding carboxylic acids is 2. The van der Waals surface area contributed by atoms with E-state index in [1.165, 1.54) is 6.07 Å². The number of likely N-dealkylation sites (tertiary alicyclic amines) is 1. The topological polar surface area (TPSA) is 117 Å². The SMILES string of the molecule is [CH2-]/C=C(/C(=O)NCC(=O)N1CC(F)(F)CC1C#N)c1[c-]cc(OS(=O)(=O)F)c(Br)c1.[K+]. The van der Waals surface area contributed by atoms with Crippen molar-refractivity contribution in [3.8, 4) is 11.8 Å². The number of rotatable bonds is 6. The Morgan fingerprint density at radius 3 is 2.68 bits per heavy atom. The number of allylic oxidation sites excluding steroid dienone is 1. The molecule has 31 heavy (non-hydrogen) atoms. The van der Waals surface area contributed by atoms with Crippen LogP contribution in [0.15, 0.2) is 22.7 Å². The fraction of sp³-hybridized carbons (Fsp3) is 0.294. The van der Waals surface area contributed by atoms with Crippen molar-refractivity contribution in [3.05, 3.63) is 41.2 Å². The zero-order valence-electron chi connectivity index (χ0n) is 16.0. The van der Waals surface area contributed by atoms with E-state index in [4.69, 9.17) is 5.26 Å². The molecule has 0 spiro atoms. The smallest absolute Gasteiger partial charge is 0.405 e. The second-order valence-electron chi connectivity index (χ2n) is 6.06. The summed E-state index contributed by atoms with van der Waals surface area (Å²) in [5.74, 6) is -5.28. The Labute approximate surface area is 227 Å². The van der Waals surface area contributed by atoms with Crippen LogP contribution in [0.5, 0.6) is 5.75 Å². The first kappa shape index (κ1) is 27.9. The van der Waals surface area contributed by atoms with Gasteiger partial charge in [-0.25, -0.2) is 15.7 Å². The number of nitrogens with zero attached hydrogens (tertiary/aromatic N) is 2. The standard InChI is InChI=1S/C17H13BrF3N3O5S.K/c1-2-12(10-3-4-14(13(18)5-10)29-30(21,27)28)16(26)23-8-15(25)24-9-17(19,20)6-11(24)7-22;/h2,4-5,11H,1,6,8-9H2,(H,23,26);/q-2;+1/b12-2+;. The van der Waals surface area contributed by atoms with E-state index in [0.29, 0.717) is 4.90 Å². The Morgan fingerprint density at radius 1 is 1.52 bits per heavy atom. The number of amides is 2. The van der Waals surface area contributed by atoms with Crippen LogP contribution in [0.3, 0.4) is 0 Å². The molecular formula is C17H13BrF3KN3O5S-. The molecule has 2 rings (SSSR count). The molecule has 162 valence electrons. The van der Waals surface area contributed by atoms with Crippen LogP contribution >= 0.6 is 15.9 Å². The summed E-state index contributed by atoms with van der Waals surface area (Å²) in [5.41, 5.74) is -0.00484. The molecule has 0 bridgehead atoms. The third-order valence-corrected chi connectivity index (χ3v) is 4.93. The van der Waals surface area contributed by atoms with E-state index in [1.54, 1.807) is 6.07 Å². The third-order valence-electron chi connectivity index (χ3n) is 3.93. The fourth-order valence-electron chi connectivity index (χ4n) is 2.65. The van der Waals surface area contributed by atoms with Crippen LogP contribution < -0.4 is 60.9 Å². The van der Waals surface area contributed by atoms with Crippen molar-refractivity contribution in [2.75, 3.05) is 13.1 Å². The predicted molar refractivity (Wildman–Crippen MR) is 101 cm³/mol. The van der Waals surface area contributed by atoms with Crippen LogP contribution in [0.1, 0.15) is 12.0 Å². The van der Waals surface area contributed by atoms with Gasteiger partial charge in [-0.15, -0.1) is 23.8 Å². The Morgan fingerprint density at radius 2 is 2.16 bits per heavy atom. The molecular weight excluding hydrogens is 534 g/mol. The molecule has 0 saturated carbocycles. The van der Waals surface area contributed by atoms with Gasteiger partial charge in [0, 0.05) is 6.42 Å².